The van der Waals surface area contributed by atoms with Crippen molar-refractivity contribution < 1.29 is 8.83 Å². The highest BCUT2D eigenvalue weighted by atomic mass is 16.4. The third-order valence-corrected chi connectivity index (χ3v) is 3.43. The summed E-state index contributed by atoms with van der Waals surface area (Å²) < 4.78 is 10.7. The first-order chi connectivity index (χ1) is 8.09. The molecule has 2 heterocycles. The van der Waals surface area contributed by atoms with E-state index in [4.69, 9.17) is 8.83 Å². The van der Waals surface area contributed by atoms with Crippen LogP contribution in [-0.4, -0.2) is 0 Å². The van der Waals surface area contributed by atoms with Crippen LogP contribution in [0.4, 0.5) is 0 Å². The summed E-state index contributed by atoms with van der Waals surface area (Å²) in [5.41, 5.74) is 3.82. The average molecular weight is 228 g/mol. The number of hydrogen-bond donors (Lipinski definition) is 0. The number of aryl methyl sites for hydroxylation is 2. The van der Waals surface area contributed by atoms with Crippen molar-refractivity contribution in [3.63, 3.8) is 0 Å². The fourth-order valence-corrected chi connectivity index (χ4v) is 2.32. The zero-order valence-electron chi connectivity index (χ0n) is 9.96. The van der Waals surface area contributed by atoms with E-state index in [2.05, 4.69) is 0 Å². The molecule has 2 aromatic heterocycles. The Balaban J connectivity index is 2.67. The Kier molecular flexibility index (Phi) is 1.93. The molecule has 0 radical (unpaired) electrons. The molecule has 3 aromatic rings. The van der Waals surface area contributed by atoms with Crippen molar-refractivity contribution in [3.8, 4) is 0 Å². The van der Waals surface area contributed by atoms with Gasteiger partial charge in [-0.25, -0.2) is 4.79 Å². The molecule has 86 valence electrons. The average Bonchev–Trinajstić information content (AvgIpc) is 2.74. The summed E-state index contributed by atoms with van der Waals surface area (Å²) in [6.45, 7) is 5.76. The van der Waals surface area contributed by atoms with E-state index >= 15 is 0 Å². The van der Waals surface area contributed by atoms with E-state index in [0.29, 0.717) is 11.1 Å². The van der Waals surface area contributed by atoms with Gasteiger partial charge in [0.25, 0.3) is 0 Å². The van der Waals surface area contributed by atoms with E-state index in [0.717, 1.165) is 27.5 Å². The van der Waals surface area contributed by atoms with Crippen molar-refractivity contribution in [3.05, 3.63) is 45.5 Å². The largest absolute Gasteiger partial charge is 0.464 e. The van der Waals surface area contributed by atoms with Gasteiger partial charge in [-0.15, -0.1) is 0 Å². The molecule has 0 saturated carbocycles. The van der Waals surface area contributed by atoms with E-state index in [-0.39, 0.29) is 5.63 Å². The second-order valence-corrected chi connectivity index (χ2v) is 4.35. The number of rotatable bonds is 0. The molecule has 0 fully saturated rings. The van der Waals surface area contributed by atoms with E-state index in [1.165, 1.54) is 0 Å². The molecule has 0 bridgehead atoms. The maximum atomic E-state index is 11.6. The Labute approximate surface area is 97.7 Å². The van der Waals surface area contributed by atoms with Gasteiger partial charge in [0, 0.05) is 22.4 Å². The van der Waals surface area contributed by atoms with Crippen molar-refractivity contribution in [2.75, 3.05) is 0 Å². The predicted molar refractivity (Wildman–Crippen MR) is 66.5 cm³/mol. The lowest BCUT2D eigenvalue weighted by molar-refractivity contribution is 0.552. The number of hydrogen-bond acceptors (Lipinski definition) is 3. The van der Waals surface area contributed by atoms with Crippen molar-refractivity contribution in [2.45, 2.75) is 20.8 Å². The van der Waals surface area contributed by atoms with Gasteiger partial charge in [-0.3, -0.25) is 0 Å². The molecule has 0 aliphatic carbocycles. The fraction of sp³-hybridized carbons (Fsp3) is 0.214. The molecular weight excluding hydrogens is 216 g/mol. The standard InChI is InChI=1S/C14H12O3/c1-7-8(2)14(15)17-12-6-11-10(4-5-16-11)9(3)13(7)12/h4-6H,1-3H3. The molecule has 1 aromatic carbocycles. The third-order valence-electron chi connectivity index (χ3n) is 3.43. The number of fused-ring (bicyclic) bond motifs is 2. The third kappa shape index (κ3) is 1.25. The van der Waals surface area contributed by atoms with Crippen LogP contribution in [0.1, 0.15) is 16.7 Å². The lowest BCUT2D eigenvalue weighted by Gasteiger charge is -2.07. The van der Waals surface area contributed by atoms with Gasteiger partial charge in [0.05, 0.1) is 6.26 Å². The maximum absolute atomic E-state index is 11.6. The van der Waals surface area contributed by atoms with Gasteiger partial charge < -0.3 is 8.83 Å². The first kappa shape index (κ1) is 10.1. The molecular formula is C14H12O3. The normalized spacial score (nSPS) is 11.5. The van der Waals surface area contributed by atoms with Crippen LogP contribution in [0.15, 0.2) is 32.0 Å². The molecule has 0 spiro atoms. The molecule has 0 aliphatic heterocycles. The van der Waals surface area contributed by atoms with Crippen molar-refractivity contribution in [2.24, 2.45) is 0 Å². The second kappa shape index (κ2) is 3.23. The Morgan fingerprint density at radius 3 is 2.53 bits per heavy atom. The van der Waals surface area contributed by atoms with Gasteiger partial charge in [0.2, 0.25) is 0 Å². The van der Waals surface area contributed by atoms with Gasteiger partial charge >= 0.3 is 5.63 Å². The SMILES string of the molecule is Cc1c(C)c2c(C)c3ccoc3cc2oc1=O. The van der Waals surface area contributed by atoms with Gasteiger partial charge in [-0.1, -0.05) is 0 Å². The lowest BCUT2D eigenvalue weighted by atomic mass is 10.00. The first-order valence-electron chi connectivity index (χ1n) is 5.50. The van der Waals surface area contributed by atoms with Gasteiger partial charge in [-0.2, -0.15) is 0 Å². The zero-order chi connectivity index (χ0) is 12.2. The van der Waals surface area contributed by atoms with Crippen molar-refractivity contribution in [1.82, 2.24) is 0 Å². The molecule has 3 rings (SSSR count). The number of furan rings is 1. The van der Waals surface area contributed by atoms with Crippen molar-refractivity contribution in [1.29, 1.82) is 0 Å². The zero-order valence-corrected chi connectivity index (χ0v) is 9.96. The van der Waals surface area contributed by atoms with Crippen LogP contribution < -0.4 is 5.63 Å². The van der Waals surface area contributed by atoms with Gasteiger partial charge in [-0.05, 0) is 38.0 Å². The predicted octanol–water partition coefficient (Wildman–Crippen LogP) is 3.46. The van der Waals surface area contributed by atoms with Gasteiger partial charge in [0.15, 0.2) is 0 Å². The summed E-state index contributed by atoms with van der Waals surface area (Å²) in [6.07, 6.45) is 1.65. The summed E-state index contributed by atoms with van der Waals surface area (Å²) in [6, 6.07) is 3.72. The maximum Gasteiger partial charge on any atom is 0.339 e. The molecule has 3 nitrogen and oxygen atoms in total. The van der Waals surface area contributed by atoms with Crippen LogP contribution in [0.3, 0.4) is 0 Å². The monoisotopic (exact) mass is 228 g/mol. The highest BCUT2D eigenvalue weighted by Gasteiger charge is 2.13. The van der Waals surface area contributed by atoms with Crippen LogP contribution >= 0.6 is 0 Å². The van der Waals surface area contributed by atoms with Crippen LogP contribution in [0, 0.1) is 20.8 Å². The molecule has 0 unspecified atom stereocenters. The molecule has 0 amide bonds. The minimum absolute atomic E-state index is 0.277. The van der Waals surface area contributed by atoms with Crippen LogP contribution in [0.2, 0.25) is 0 Å². The van der Waals surface area contributed by atoms with Crippen LogP contribution in [0.5, 0.6) is 0 Å². The molecule has 0 N–H and O–H groups in total. The summed E-state index contributed by atoms with van der Waals surface area (Å²) in [5, 5.41) is 2.07. The Morgan fingerprint density at radius 1 is 1.00 bits per heavy atom. The number of benzene rings is 1. The quantitative estimate of drug-likeness (QED) is 0.553. The van der Waals surface area contributed by atoms with Crippen LogP contribution in [0.25, 0.3) is 21.9 Å². The molecule has 0 atom stereocenters. The summed E-state index contributed by atoms with van der Waals surface area (Å²) >= 11 is 0. The smallest absolute Gasteiger partial charge is 0.339 e. The Bertz CT molecular complexity index is 790. The fourth-order valence-electron chi connectivity index (χ4n) is 2.32. The molecule has 17 heavy (non-hydrogen) atoms. The molecule has 0 aliphatic rings. The second-order valence-electron chi connectivity index (χ2n) is 4.35. The topological polar surface area (TPSA) is 43.4 Å². The van der Waals surface area contributed by atoms with E-state index in [1.54, 1.807) is 19.3 Å². The minimum Gasteiger partial charge on any atom is -0.464 e. The van der Waals surface area contributed by atoms with Gasteiger partial charge in [0.1, 0.15) is 11.2 Å². The molecule has 0 saturated heterocycles. The first-order valence-corrected chi connectivity index (χ1v) is 5.50. The summed E-state index contributed by atoms with van der Waals surface area (Å²) in [4.78, 5) is 11.6. The Hall–Kier alpha value is -2.03. The summed E-state index contributed by atoms with van der Waals surface area (Å²) in [5.74, 6) is 0. The van der Waals surface area contributed by atoms with E-state index in [9.17, 15) is 4.79 Å². The highest BCUT2D eigenvalue weighted by molar-refractivity contribution is 5.99. The van der Waals surface area contributed by atoms with E-state index in [1.807, 2.05) is 19.9 Å². The summed E-state index contributed by atoms with van der Waals surface area (Å²) in [7, 11) is 0. The lowest BCUT2D eigenvalue weighted by Crippen LogP contribution is -2.06. The van der Waals surface area contributed by atoms with Crippen molar-refractivity contribution >= 4 is 21.9 Å². The Morgan fingerprint density at radius 2 is 1.76 bits per heavy atom. The highest BCUT2D eigenvalue weighted by Crippen LogP contribution is 2.30. The minimum atomic E-state index is -0.277. The van der Waals surface area contributed by atoms with E-state index < -0.39 is 0 Å². The molecule has 3 heteroatoms. The van der Waals surface area contributed by atoms with Crippen LogP contribution in [-0.2, 0) is 0 Å².